The third-order valence-electron chi connectivity index (χ3n) is 5.25. The second-order valence-corrected chi connectivity index (χ2v) is 8.10. The summed E-state index contributed by atoms with van der Waals surface area (Å²) in [6.07, 6.45) is 3.03. The molecule has 0 bridgehead atoms. The standard InChI is InChI=1S/C23H33N5O5/c1-15(2)32-23(29)28-11-8-18(9-12-28)33-22-20(31-5)21(24-14-25-22)27-19-7-6-17(10-13-30-4)26-16(19)3/h6-7,14-15,18H,8-13H2,1-5H3,(H,24,25,27). The molecule has 0 aromatic carbocycles. The van der Waals surface area contributed by atoms with E-state index in [0.29, 0.717) is 50.0 Å². The van der Waals surface area contributed by atoms with Gasteiger partial charge in [-0.15, -0.1) is 0 Å². The van der Waals surface area contributed by atoms with Crippen molar-refractivity contribution in [1.29, 1.82) is 0 Å². The van der Waals surface area contributed by atoms with Gasteiger partial charge in [-0.05, 0) is 32.9 Å². The Morgan fingerprint density at radius 2 is 1.97 bits per heavy atom. The zero-order chi connectivity index (χ0) is 23.8. The molecular formula is C23H33N5O5. The maximum absolute atomic E-state index is 12.1. The molecule has 3 heterocycles. The number of nitrogens with one attached hydrogen (secondary N) is 1. The highest BCUT2D eigenvalue weighted by Crippen LogP contribution is 2.35. The first-order valence-corrected chi connectivity index (χ1v) is 11.1. The molecule has 0 atom stereocenters. The first kappa shape index (κ1) is 24.5. The van der Waals surface area contributed by atoms with Crippen LogP contribution in [0.15, 0.2) is 18.5 Å². The van der Waals surface area contributed by atoms with Crippen LogP contribution in [0.4, 0.5) is 16.3 Å². The van der Waals surface area contributed by atoms with E-state index in [1.165, 1.54) is 6.33 Å². The first-order valence-electron chi connectivity index (χ1n) is 11.1. The van der Waals surface area contributed by atoms with Gasteiger partial charge in [-0.2, -0.15) is 4.98 Å². The maximum Gasteiger partial charge on any atom is 0.410 e. The Labute approximate surface area is 194 Å². The van der Waals surface area contributed by atoms with Crippen molar-refractivity contribution in [1.82, 2.24) is 19.9 Å². The number of methoxy groups -OCH3 is 2. The summed E-state index contributed by atoms with van der Waals surface area (Å²) < 4.78 is 22.1. The van der Waals surface area contributed by atoms with Gasteiger partial charge in [-0.1, -0.05) is 0 Å². The monoisotopic (exact) mass is 459 g/mol. The molecule has 0 unspecified atom stereocenters. The van der Waals surface area contributed by atoms with E-state index in [1.807, 2.05) is 32.9 Å². The molecule has 0 radical (unpaired) electrons. The first-order chi connectivity index (χ1) is 15.9. The zero-order valence-electron chi connectivity index (χ0n) is 20.0. The lowest BCUT2D eigenvalue weighted by Crippen LogP contribution is -2.42. The summed E-state index contributed by atoms with van der Waals surface area (Å²) in [5.41, 5.74) is 2.62. The van der Waals surface area contributed by atoms with E-state index >= 15 is 0 Å². The number of hydrogen-bond acceptors (Lipinski definition) is 9. The van der Waals surface area contributed by atoms with Crippen LogP contribution in [0, 0.1) is 6.92 Å². The van der Waals surface area contributed by atoms with E-state index in [2.05, 4.69) is 20.3 Å². The minimum Gasteiger partial charge on any atom is -0.489 e. The lowest BCUT2D eigenvalue weighted by atomic mass is 10.1. The number of pyridine rings is 1. The van der Waals surface area contributed by atoms with Crippen LogP contribution in [0.1, 0.15) is 38.1 Å². The van der Waals surface area contributed by atoms with Gasteiger partial charge in [0.1, 0.15) is 12.4 Å². The summed E-state index contributed by atoms with van der Waals surface area (Å²) >= 11 is 0. The molecule has 0 saturated carbocycles. The summed E-state index contributed by atoms with van der Waals surface area (Å²) in [5, 5.41) is 3.27. The second kappa shape index (κ2) is 11.6. The van der Waals surface area contributed by atoms with Crippen LogP contribution >= 0.6 is 0 Å². The van der Waals surface area contributed by atoms with Gasteiger partial charge in [-0.3, -0.25) is 4.98 Å². The molecule has 2 aromatic heterocycles. The fourth-order valence-electron chi connectivity index (χ4n) is 3.52. The van der Waals surface area contributed by atoms with Crippen LogP contribution in [0.5, 0.6) is 11.6 Å². The number of carbonyl (C=O) groups is 1. The lowest BCUT2D eigenvalue weighted by Gasteiger charge is -2.31. The van der Waals surface area contributed by atoms with Crippen molar-refractivity contribution in [2.24, 2.45) is 0 Å². The Kier molecular flexibility index (Phi) is 8.65. The predicted octanol–water partition coefficient (Wildman–Crippen LogP) is 3.51. The smallest absolute Gasteiger partial charge is 0.410 e. The molecule has 0 spiro atoms. The van der Waals surface area contributed by atoms with E-state index in [-0.39, 0.29) is 18.3 Å². The molecule has 33 heavy (non-hydrogen) atoms. The molecule has 1 fully saturated rings. The number of piperidine rings is 1. The van der Waals surface area contributed by atoms with Gasteiger partial charge >= 0.3 is 6.09 Å². The fourth-order valence-corrected chi connectivity index (χ4v) is 3.52. The third kappa shape index (κ3) is 6.67. The fraction of sp³-hybridized carbons (Fsp3) is 0.565. The topological polar surface area (TPSA) is 108 Å². The van der Waals surface area contributed by atoms with Crippen molar-refractivity contribution in [2.75, 3.05) is 39.2 Å². The van der Waals surface area contributed by atoms with Gasteiger partial charge in [0.25, 0.3) is 5.88 Å². The van der Waals surface area contributed by atoms with Gasteiger partial charge < -0.3 is 29.2 Å². The minimum atomic E-state index is -0.285. The molecule has 10 heteroatoms. The van der Waals surface area contributed by atoms with Crippen molar-refractivity contribution in [2.45, 2.75) is 52.2 Å². The molecule has 1 N–H and O–H groups in total. The third-order valence-corrected chi connectivity index (χ3v) is 5.25. The van der Waals surface area contributed by atoms with E-state index in [9.17, 15) is 4.79 Å². The molecule has 0 aliphatic carbocycles. The van der Waals surface area contributed by atoms with E-state index in [4.69, 9.17) is 18.9 Å². The number of ether oxygens (including phenoxy) is 4. The number of likely N-dealkylation sites (tertiary alicyclic amines) is 1. The number of aromatic nitrogens is 3. The Morgan fingerprint density at radius 3 is 2.61 bits per heavy atom. The van der Waals surface area contributed by atoms with E-state index < -0.39 is 0 Å². The molecule has 2 aromatic rings. The van der Waals surface area contributed by atoms with Gasteiger partial charge in [-0.25, -0.2) is 9.78 Å². The zero-order valence-corrected chi connectivity index (χ0v) is 20.0. The van der Waals surface area contributed by atoms with Crippen LogP contribution in [0.2, 0.25) is 0 Å². The van der Waals surface area contributed by atoms with Gasteiger partial charge in [0.05, 0.1) is 31.2 Å². The number of carbonyl (C=O) groups excluding carboxylic acids is 1. The highest BCUT2D eigenvalue weighted by Gasteiger charge is 2.27. The molecule has 1 amide bonds. The van der Waals surface area contributed by atoms with Gasteiger partial charge in [0, 0.05) is 45.2 Å². The van der Waals surface area contributed by atoms with Crippen molar-refractivity contribution in [3.63, 3.8) is 0 Å². The molecule has 180 valence electrons. The Balaban J connectivity index is 1.66. The van der Waals surface area contributed by atoms with Crippen LogP contribution in [-0.4, -0.2) is 72.1 Å². The number of nitrogens with zero attached hydrogens (tertiary/aromatic N) is 4. The summed E-state index contributed by atoms with van der Waals surface area (Å²) in [6, 6.07) is 3.92. The van der Waals surface area contributed by atoms with Gasteiger partial charge in [0.2, 0.25) is 5.75 Å². The largest absolute Gasteiger partial charge is 0.489 e. The molecular weight excluding hydrogens is 426 g/mol. The van der Waals surface area contributed by atoms with Crippen LogP contribution in [-0.2, 0) is 15.9 Å². The van der Waals surface area contributed by atoms with Crippen LogP contribution in [0.25, 0.3) is 0 Å². The Bertz CT molecular complexity index is 931. The molecule has 1 saturated heterocycles. The van der Waals surface area contributed by atoms with Crippen molar-refractivity contribution in [3.05, 3.63) is 29.8 Å². The number of aryl methyl sites for hydroxylation is 1. The SMILES string of the molecule is COCCc1ccc(Nc2ncnc(OC3CCN(C(=O)OC(C)C)CC3)c2OC)c(C)n1. The second-order valence-electron chi connectivity index (χ2n) is 8.10. The molecule has 3 rings (SSSR count). The van der Waals surface area contributed by atoms with E-state index in [0.717, 1.165) is 23.5 Å². The predicted molar refractivity (Wildman–Crippen MR) is 123 cm³/mol. The summed E-state index contributed by atoms with van der Waals surface area (Å²) in [7, 11) is 3.23. The summed E-state index contributed by atoms with van der Waals surface area (Å²) in [6.45, 7) is 7.37. The molecule has 1 aliphatic heterocycles. The van der Waals surface area contributed by atoms with Crippen molar-refractivity contribution < 1.29 is 23.7 Å². The van der Waals surface area contributed by atoms with Crippen molar-refractivity contribution >= 4 is 17.6 Å². The highest BCUT2D eigenvalue weighted by atomic mass is 16.6. The summed E-state index contributed by atoms with van der Waals surface area (Å²) in [4.78, 5) is 27.0. The minimum absolute atomic E-state index is 0.0896. The molecule has 10 nitrogen and oxygen atoms in total. The number of hydrogen-bond donors (Lipinski definition) is 1. The van der Waals surface area contributed by atoms with E-state index in [1.54, 1.807) is 19.1 Å². The summed E-state index contributed by atoms with van der Waals surface area (Å²) in [5.74, 6) is 1.28. The molecule has 1 aliphatic rings. The lowest BCUT2D eigenvalue weighted by molar-refractivity contribution is 0.0500. The van der Waals surface area contributed by atoms with Crippen LogP contribution in [0.3, 0.4) is 0 Å². The average molecular weight is 460 g/mol. The quantitative estimate of drug-likeness (QED) is 0.602. The van der Waals surface area contributed by atoms with Crippen molar-refractivity contribution in [3.8, 4) is 11.6 Å². The number of amides is 1. The Morgan fingerprint density at radius 1 is 1.21 bits per heavy atom. The van der Waals surface area contributed by atoms with Gasteiger partial charge in [0.15, 0.2) is 5.82 Å². The maximum atomic E-state index is 12.1. The highest BCUT2D eigenvalue weighted by molar-refractivity contribution is 5.68. The van der Waals surface area contributed by atoms with Crippen LogP contribution < -0.4 is 14.8 Å². The number of anilines is 2. The average Bonchev–Trinajstić information content (AvgIpc) is 2.79. The normalized spacial score (nSPS) is 14.3. The number of rotatable bonds is 9. The Hall–Kier alpha value is -3.14.